The van der Waals surface area contributed by atoms with Gasteiger partial charge in [0.25, 0.3) is 0 Å². The van der Waals surface area contributed by atoms with Crippen LogP contribution in [0.4, 0.5) is 4.79 Å². The van der Waals surface area contributed by atoms with Crippen LogP contribution in [0.25, 0.3) is 0 Å². The van der Waals surface area contributed by atoms with Crippen LogP contribution in [-0.2, 0) is 19.1 Å². The maximum atomic E-state index is 13.2. The largest absolute Gasteiger partial charge is 0.481 e. The summed E-state index contributed by atoms with van der Waals surface area (Å²) >= 11 is 0. The molecule has 1 aliphatic heterocycles. The summed E-state index contributed by atoms with van der Waals surface area (Å²) in [5.41, 5.74) is 4.79. The average molecular weight is 466 g/mol. The number of nitrogens with zero attached hydrogens (tertiary/aromatic N) is 1. The van der Waals surface area contributed by atoms with Gasteiger partial charge in [0.1, 0.15) is 17.7 Å². The maximum Gasteiger partial charge on any atom is 0.408 e. The molecule has 0 radical (unpaired) electrons. The summed E-state index contributed by atoms with van der Waals surface area (Å²) in [5.74, 6) is 0.0180. The summed E-state index contributed by atoms with van der Waals surface area (Å²) < 4.78 is 5.33. The van der Waals surface area contributed by atoms with E-state index in [1.807, 2.05) is 0 Å². The van der Waals surface area contributed by atoms with Crippen LogP contribution < -0.4 is 11.1 Å². The Labute approximate surface area is 195 Å². The number of nitrogens with one attached hydrogen (secondary N) is 1. The van der Waals surface area contributed by atoms with Crippen LogP contribution >= 0.6 is 0 Å². The van der Waals surface area contributed by atoms with Crippen molar-refractivity contribution in [1.82, 2.24) is 10.2 Å². The van der Waals surface area contributed by atoms with Gasteiger partial charge in [-0.1, -0.05) is 25.7 Å². The standard InChI is InChI=1S/C24H39N3O6/c1-24(2,3)33-23(32)26-18(21(29)27-11-7-10-19(27)20(25)28)9-6-4-5-8-14-12-15(14)16-13-17(16)22(30)31/h14-19H,4-13H2,1-3H3,(H2,25,28)(H,26,32)(H,30,31)/t14-,15+,16-,17-,18-,19-/m0/s1. The van der Waals surface area contributed by atoms with E-state index in [1.54, 1.807) is 20.8 Å². The number of ether oxygens (including phenoxy) is 1. The number of carboxylic acids is 1. The molecular weight excluding hydrogens is 426 g/mol. The van der Waals surface area contributed by atoms with Crippen LogP contribution in [-0.4, -0.2) is 58.1 Å². The molecule has 3 fully saturated rings. The number of carboxylic acid groups (broad SMARTS) is 1. The van der Waals surface area contributed by atoms with Gasteiger partial charge in [0, 0.05) is 6.54 Å². The third kappa shape index (κ3) is 7.08. The molecule has 0 aromatic carbocycles. The zero-order valence-corrected chi connectivity index (χ0v) is 20.0. The number of likely N-dealkylation sites (tertiary alicyclic amines) is 1. The molecular formula is C24H39N3O6. The number of aliphatic carboxylic acids is 1. The van der Waals surface area contributed by atoms with Crippen LogP contribution in [0.5, 0.6) is 0 Å². The summed E-state index contributed by atoms with van der Waals surface area (Å²) in [6.07, 6.45) is 6.85. The predicted molar refractivity (Wildman–Crippen MR) is 121 cm³/mol. The van der Waals surface area contributed by atoms with E-state index in [0.717, 1.165) is 38.5 Å². The van der Waals surface area contributed by atoms with E-state index in [-0.39, 0.29) is 11.8 Å². The second kappa shape index (κ2) is 10.3. The highest BCUT2D eigenvalue weighted by Crippen LogP contribution is 2.59. The summed E-state index contributed by atoms with van der Waals surface area (Å²) in [4.78, 5) is 49.8. The monoisotopic (exact) mass is 465 g/mol. The highest BCUT2D eigenvalue weighted by Gasteiger charge is 2.55. The first-order chi connectivity index (χ1) is 15.5. The van der Waals surface area contributed by atoms with Crippen molar-refractivity contribution in [2.24, 2.45) is 29.4 Å². The van der Waals surface area contributed by atoms with E-state index in [0.29, 0.717) is 43.6 Å². The van der Waals surface area contributed by atoms with Gasteiger partial charge >= 0.3 is 12.1 Å². The quantitative estimate of drug-likeness (QED) is 0.401. The molecule has 0 spiro atoms. The van der Waals surface area contributed by atoms with Crippen molar-refractivity contribution >= 4 is 23.9 Å². The Morgan fingerprint density at radius 1 is 1.12 bits per heavy atom. The Balaban J connectivity index is 1.45. The van der Waals surface area contributed by atoms with Crippen LogP contribution in [0.15, 0.2) is 0 Å². The van der Waals surface area contributed by atoms with Crippen molar-refractivity contribution in [3.63, 3.8) is 0 Å². The first kappa shape index (κ1) is 25.3. The number of hydrogen-bond acceptors (Lipinski definition) is 5. The van der Waals surface area contributed by atoms with Crippen molar-refractivity contribution in [2.45, 2.75) is 96.2 Å². The van der Waals surface area contributed by atoms with Crippen molar-refractivity contribution in [2.75, 3.05) is 6.54 Å². The molecule has 1 heterocycles. The molecule has 4 N–H and O–H groups in total. The number of rotatable bonds is 11. The summed E-state index contributed by atoms with van der Waals surface area (Å²) in [6, 6.07) is -1.37. The molecule has 3 amide bonds. The van der Waals surface area contributed by atoms with Gasteiger partial charge in [0.15, 0.2) is 0 Å². The fourth-order valence-electron chi connectivity index (χ4n) is 5.26. The van der Waals surface area contributed by atoms with E-state index < -0.39 is 35.7 Å². The second-order valence-corrected chi connectivity index (χ2v) is 10.9. The van der Waals surface area contributed by atoms with E-state index in [2.05, 4.69) is 5.32 Å². The van der Waals surface area contributed by atoms with Crippen molar-refractivity contribution in [3.05, 3.63) is 0 Å². The molecule has 186 valence electrons. The molecule has 33 heavy (non-hydrogen) atoms. The lowest BCUT2D eigenvalue weighted by molar-refractivity contribution is -0.139. The average Bonchev–Trinajstić information content (AvgIpc) is 3.59. The Kier molecular flexibility index (Phi) is 7.90. The topological polar surface area (TPSA) is 139 Å². The molecule has 0 aromatic heterocycles. The normalized spacial score (nSPS) is 29.3. The lowest BCUT2D eigenvalue weighted by Gasteiger charge is -2.29. The van der Waals surface area contributed by atoms with Crippen molar-refractivity contribution in [3.8, 4) is 0 Å². The molecule has 0 aromatic rings. The van der Waals surface area contributed by atoms with Gasteiger partial charge in [-0.2, -0.15) is 0 Å². The van der Waals surface area contributed by atoms with Gasteiger partial charge in [-0.25, -0.2) is 4.79 Å². The van der Waals surface area contributed by atoms with E-state index in [1.165, 1.54) is 4.90 Å². The minimum atomic E-state index is -0.753. The zero-order valence-electron chi connectivity index (χ0n) is 20.0. The first-order valence-electron chi connectivity index (χ1n) is 12.3. The van der Waals surface area contributed by atoms with Gasteiger partial charge in [-0.15, -0.1) is 0 Å². The molecule has 2 saturated carbocycles. The van der Waals surface area contributed by atoms with Gasteiger partial charge in [-0.05, 0) is 70.6 Å². The fourth-order valence-corrected chi connectivity index (χ4v) is 5.26. The third-order valence-electron chi connectivity index (χ3n) is 7.11. The summed E-state index contributed by atoms with van der Waals surface area (Å²) in [6.45, 7) is 5.75. The molecule has 0 unspecified atom stereocenters. The van der Waals surface area contributed by atoms with E-state index >= 15 is 0 Å². The first-order valence-corrected chi connectivity index (χ1v) is 12.3. The third-order valence-corrected chi connectivity index (χ3v) is 7.11. The number of nitrogens with two attached hydrogens (primary N) is 1. The zero-order chi connectivity index (χ0) is 24.3. The number of hydrogen-bond donors (Lipinski definition) is 3. The van der Waals surface area contributed by atoms with Crippen LogP contribution in [0, 0.1) is 23.7 Å². The molecule has 9 heteroatoms. The van der Waals surface area contributed by atoms with E-state index in [4.69, 9.17) is 15.6 Å². The number of carbonyl (C=O) groups is 4. The molecule has 2 aliphatic carbocycles. The highest BCUT2D eigenvalue weighted by atomic mass is 16.6. The minimum Gasteiger partial charge on any atom is -0.481 e. The lowest BCUT2D eigenvalue weighted by atomic mass is 10.0. The van der Waals surface area contributed by atoms with Crippen LogP contribution in [0.3, 0.4) is 0 Å². The highest BCUT2D eigenvalue weighted by molar-refractivity contribution is 5.91. The Morgan fingerprint density at radius 3 is 2.45 bits per heavy atom. The summed E-state index contributed by atoms with van der Waals surface area (Å²) in [7, 11) is 0. The number of amides is 3. The lowest BCUT2D eigenvalue weighted by Crippen LogP contribution is -2.53. The number of carbonyl (C=O) groups excluding carboxylic acids is 3. The van der Waals surface area contributed by atoms with Gasteiger partial charge in [-0.3, -0.25) is 14.4 Å². The Hall–Kier alpha value is -2.32. The molecule has 1 saturated heterocycles. The number of primary amides is 1. The van der Waals surface area contributed by atoms with Crippen molar-refractivity contribution < 1.29 is 29.0 Å². The van der Waals surface area contributed by atoms with Crippen LogP contribution in [0.2, 0.25) is 0 Å². The number of unbranched alkanes of at least 4 members (excludes halogenated alkanes) is 2. The molecule has 6 atom stereocenters. The summed E-state index contributed by atoms with van der Waals surface area (Å²) in [5, 5.41) is 11.8. The van der Waals surface area contributed by atoms with Crippen molar-refractivity contribution in [1.29, 1.82) is 0 Å². The molecule has 3 aliphatic rings. The van der Waals surface area contributed by atoms with Gasteiger partial charge in [0.05, 0.1) is 5.92 Å². The molecule has 9 nitrogen and oxygen atoms in total. The smallest absolute Gasteiger partial charge is 0.408 e. The Morgan fingerprint density at radius 2 is 1.85 bits per heavy atom. The van der Waals surface area contributed by atoms with Gasteiger partial charge < -0.3 is 25.8 Å². The minimum absolute atomic E-state index is 0.125. The SMILES string of the molecule is CC(C)(C)OC(=O)N[C@@H](CCCCC[C@H]1C[C@H]1[C@@H]1C[C@@H]1C(=O)O)C(=O)N1CCC[C@H]1C(N)=O. The van der Waals surface area contributed by atoms with E-state index in [9.17, 15) is 19.2 Å². The number of alkyl carbamates (subject to hydrolysis) is 1. The fraction of sp³-hybridized carbons (Fsp3) is 0.833. The van der Waals surface area contributed by atoms with Gasteiger partial charge in [0.2, 0.25) is 11.8 Å². The van der Waals surface area contributed by atoms with Crippen LogP contribution in [0.1, 0.15) is 78.6 Å². The maximum absolute atomic E-state index is 13.2. The second-order valence-electron chi connectivity index (χ2n) is 10.9. The predicted octanol–water partition coefficient (Wildman–Crippen LogP) is 2.66. The molecule has 0 bridgehead atoms. The Bertz CT molecular complexity index is 764. The molecule has 3 rings (SSSR count).